The molecule has 186 valence electrons. The zero-order valence-corrected chi connectivity index (χ0v) is 22.4. The molecule has 34 heavy (non-hydrogen) atoms. The van der Waals surface area contributed by atoms with Crippen molar-refractivity contribution in [1.82, 2.24) is 4.90 Å². The van der Waals surface area contributed by atoms with E-state index in [4.69, 9.17) is 14.0 Å². The Morgan fingerprint density at radius 3 is 2.53 bits per heavy atom. The van der Waals surface area contributed by atoms with E-state index in [1.807, 2.05) is 41.3 Å². The first-order chi connectivity index (χ1) is 16.0. The number of amides is 1. The Morgan fingerprint density at radius 1 is 1.15 bits per heavy atom. The minimum absolute atomic E-state index is 0.0835. The summed E-state index contributed by atoms with van der Waals surface area (Å²) >= 11 is 0. The number of hydrogen-bond donors (Lipinski definition) is 1. The number of methoxy groups -OCH3 is 1. The number of anilines is 1. The van der Waals surface area contributed by atoms with E-state index in [0.29, 0.717) is 31.0 Å². The number of carbonyl (C=O) groups excluding carboxylic acids is 1. The fourth-order valence-electron chi connectivity index (χ4n) is 3.88. The second-order valence-corrected chi connectivity index (χ2v) is 15.1. The Labute approximate surface area is 204 Å². The molecule has 0 saturated carbocycles. The molecule has 1 heterocycles. The van der Waals surface area contributed by atoms with Gasteiger partial charge in [0.25, 0.3) is 0 Å². The van der Waals surface area contributed by atoms with Crippen LogP contribution in [0.3, 0.4) is 0 Å². The zero-order chi connectivity index (χ0) is 25.1. The fourth-order valence-corrected chi connectivity index (χ4v) is 4.92. The molecule has 3 rings (SSSR count). The lowest BCUT2D eigenvalue weighted by molar-refractivity contribution is -0.130. The van der Waals surface area contributed by atoms with Crippen molar-refractivity contribution in [3.63, 3.8) is 0 Å². The van der Waals surface area contributed by atoms with Gasteiger partial charge in [-0.3, -0.25) is 14.8 Å². The number of benzene rings is 2. The van der Waals surface area contributed by atoms with Crippen LogP contribution in [0, 0.1) is 0 Å². The van der Waals surface area contributed by atoms with Crippen LogP contribution in [0.5, 0.6) is 5.75 Å². The quantitative estimate of drug-likeness (QED) is 0.366. The lowest BCUT2D eigenvalue weighted by Crippen LogP contribution is -2.45. The van der Waals surface area contributed by atoms with E-state index in [2.05, 4.69) is 33.9 Å². The Hall–Kier alpha value is -2.39. The van der Waals surface area contributed by atoms with Gasteiger partial charge in [0.2, 0.25) is 5.91 Å². The van der Waals surface area contributed by atoms with Gasteiger partial charge >= 0.3 is 0 Å². The predicted octanol–water partition coefficient (Wildman–Crippen LogP) is 5.63. The molecule has 1 aliphatic rings. The van der Waals surface area contributed by atoms with E-state index in [0.717, 1.165) is 28.3 Å². The van der Waals surface area contributed by atoms with E-state index < -0.39 is 8.32 Å². The molecule has 7 nitrogen and oxygen atoms in total. The van der Waals surface area contributed by atoms with Gasteiger partial charge in [-0.05, 0) is 59.9 Å². The van der Waals surface area contributed by atoms with Crippen LogP contribution in [-0.4, -0.2) is 51.2 Å². The Morgan fingerprint density at radius 2 is 1.88 bits per heavy atom. The van der Waals surface area contributed by atoms with E-state index in [-0.39, 0.29) is 17.0 Å². The summed E-state index contributed by atoms with van der Waals surface area (Å²) in [6.07, 6.45) is 1.38. The maximum Gasteiger partial charge on any atom is 0.223 e. The molecule has 1 N–H and O–H groups in total. The summed E-state index contributed by atoms with van der Waals surface area (Å²) in [5, 5.41) is 10.8. The first-order valence-corrected chi connectivity index (χ1v) is 14.6. The van der Waals surface area contributed by atoms with Gasteiger partial charge in [-0.15, -0.1) is 5.23 Å². The van der Waals surface area contributed by atoms with Gasteiger partial charge in [-0.25, -0.2) is 0 Å². The van der Waals surface area contributed by atoms with Crippen LogP contribution in [0.2, 0.25) is 18.1 Å². The van der Waals surface area contributed by atoms with Crippen molar-refractivity contribution in [1.29, 1.82) is 0 Å². The van der Waals surface area contributed by atoms with E-state index in [1.165, 1.54) is 7.11 Å². The molecule has 1 atom stereocenters. The summed E-state index contributed by atoms with van der Waals surface area (Å²) in [5.41, 5.74) is 3.27. The zero-order valence-electron chi connectivity index (χ0n) is 21.4. The number of ether oxygens (including phenoxy) is 1. The second-order valence-electron chi connectivity index (χ2n) is 10.3. The van der Waals surface area contributed by atoms with Crippen LogP contribution in [0.1, 0.15) is 39.2 Å². The molecule has 0 spiro atoms. The highest BCUT2D eigenvalue weighted by Crippen LogP contribution is 2.38. The average Bonchev–Trinajstić information content (AvgIpc) is 3.15. The van der Waals surface area contributed by atoms with Gasteiger partial charge in [0, 0.05) is 18.5 Å². The summed E-state index contributed by atoms with van der Waals surface area (Å²) in [4.78, 5) is 19.6. The number of hydrogen-bond acceptors (Lipinski definition) is 6. The summed E-state index contributed by atoms with van der Waals surface area (Å²) < 4.78 is 12.1. The molecular weight excluding hydrogens is 448 g/mol. The van der Waals surface area contributed by atoms with E-state index in [1.54, 1.807) is 13.2 Å². The molecule has 1 saturated heterocycles. The lowest BCUT2D eigenvalue weighted by atomic mass is 10.0. The summed E-state index contributed by atoms with van der Waals surface area (Å²) in [6.45, 7) is 12.3. The maximum absolute atomic E-state index is 12.8. The summed E-state index contributed by atoms with van der Waals surface area (Å²) in [7, 11) is 1.14. The minimum atomic E-state index is -1.89. The third kappa shape index (κ3) is 5.80. The van der Waals surface area contributed by atoms with Gasteiger partial charge < -0.3 is 14.1 Å². The second kappa shape index (κ2) is 10.5. The summed E-state index contributed by atoms with van der Waals surface area (Å²) in [5.74, 6) is 0.882. The van der Waals surface area contributed by atoms with Crippen molar-refractivity contribution in [2.75, 3.05) is 26.1 Å². The average molecular weight is 487 g/mol. The molecule has 0 aromatic heterocycles. The Kier molecular flexibility index (Phi) is 8.08. The molecular formula is C26H38N2O5Si. The van der Waals surface area contributed by atoms with Crippen LogP contribution in [-0.2, 0) is 20.6 Å². The molecule has 0 radical (unpaired) electrons. The maximum atomic E-state index is 12.8. The molecule has 1 amide bonds. The highest BCUT2D eigenvalue weighted by Gasteiger charge is 2.39. The Balaban J connectivity index is 1.83. The van der Waals surface area contributed by atoms with Crippen molar-refractivity contribution >= 4 is 19.9 Å². The topological polar surface area (TPSA) is 71.5 Å². The van der Waals surface area contributed by atoms with Gasteiger partial charge in [0.05, 0.1) is 32.6 Å². The van der Waals surface area contributed by atoms with Crippen molar-refractivity contribution in [3.05, 3.63) is 48.0 Å². The Bertz CT molecular complexity index is 1000. The number of likely N-dealkylation sites (tertiary alicyclic amines) is 1. The third-order valence-corrected chi connectivity index (χ3v) is 11.6. The van der Waals surface area contributed by atoms with Crippen LogP contribution >= 0.6 is 0 Å². The van der Waals surface area contributed by atoms with Crippen molar-refractivity contribution in [2.45, 2.75) is 64.3 Å². The smallest absolute Gasteiger partial charge is 0.223 e. The molecule has 1 fully saturated rings. The first-order valence-electron chi connectivity index (χ1n) is 11.7. The molecule has 0 unspecified atom stereocenters. The predicted molar refractivity (Wildman–Crippen MR) is 136 cm³/mol. The van der Waals surface area contributed by atoms with Crippen LogP contribution < -0.4 is 9.96 Å². The number of rotatable bonds is 9. The van der Waals surface area contributed by atoms with Gasteiger partial charge in [0.1, 0.15) is 5.75 Å². The first kappa shape index (κ1) is 26.2. The van der Waals surface area contributed by atoms with E-state index in [9.17, 15) is 10.0 Å². The van der Waals surface area contributed by atoms with Crippen LogP contribution in [0.15, 0.2) is 42.5 Å². The van der Waals surface area contributed by atoms with Crippen molar-refractivity contribution < 1.29 is 24.0 Å². The van der Waals surface area contributed by atoms with Gasteiger partial charge in [-0.2, -0.15) is 0 Å². The highest BCUT2D eigenvalue weighted by atomic mass is 28.4. The fraction of sp³-hybridized carbons (Fsp3) is 0.500. The largest absolute Gasteiger partial charge is 0.496 e. The minimum Gasteiger partial charge on any atom is -0.496 e. The van der Waals surface area contributed by atoms with Crippen molar-refractivity contribution in [2.24, 2.45) is 0 Å². The van der Waals surface area contributed by atoms with Gasteiger partial charge in [0.15, 0.2) is 8.32 Å². The molecule has 0 aliphatic carbocycles. The third-order valence-electron chi connectivity index (χ3n) is 7.06. The molecule has 1 aliphatic heterocycles. The van der Waals surface area contributed by atoms with Crippen LogP contribution in [0.4, 0.5) is 5.69 Å². The van der Waals surface area contributed by atoms with E-state index >= 15 is 0 Å². The molecule has 2 aromatic rings. The lowest BCUT2D eigenvalue weighted by Gasteiger charge is -2.38. The normalized spacial score (nSPS) is 16.8. The monoisotopic (exact) mass is 486 g/mol. The van der Waals surface area contributed by atoms with Crippen molar-refractivity contribution in [3.8, 4) is 16.9 Å². The summed E-state index contributed by atoms with van der Waals surface area (Å²) in [6, 6.07) is 13.4. The number of nitrogens with zero attached hydrogens (tertiary/aromatic N) is 2. The molecule has 0 bridgehead atoms. The molecule has 2 aromatic carbocycles. The SMILES string of the molecule is COc1ccc(CN2C(=O)CC[C@H]2CO[Si](C)(C)C(C)(C)C)cc1-c1cccc(N(O)OC)c1. The van der Waals surface area contributed by atoms with Crippen LogP contribution in [0.25, 0.3) is 11.1 Å². The van der Waals surface area contributed by atoms with Gasteiger partial charge in [-0.1, -0.05) is 39.0 Å². The molecule has 8 heteroatoms. The standard InChI is InChI=1S/C26H38N2O5Si/c1-26(2,3)34(6,7)33-18-22-12-14-25(29)27(22)17-19-11-13-24(31-4)23(15-19)20-9-8-10-21(16-20)28(30)32-5/h8-11,13,15-16,22,30H,12,14,17-18H2,1-7H3/t22-/m0/s1. The number of carbonyl (C=O) groups is 1. The highest BCUT2D eigenvalue weighted by molar-refractivity contribution is 6.74.